The first-order valence-electron chi connectivity index (χ1n) is 7.94. The van der Waals surface area contributed by atoms with Crippen molar-refractivity contribution in [3.63, 3.8) is 0 Å². The van der Waals surface area contributed by atoms with Gasteiger partial charge in [-0.1, -0.05) is 48.0 Å². The van der Waals surface area contributed by atoms with Crippen LogP contribution < -0.4 is 10.6 Å². The number of anilines is 2. The summed E-state index contributed by atoms with van der Waals surface area (Å²) in [6.07, 6.45) is 1.61. The van der Waals surface area contributed by atoms with E-state index < -0.39 is 0 Å². The number of amides is 1. The van der Waals surface area contributed by atoms with Crippen molar-refractivity contribution >= 4 is 29.0 Å². The molecule has 1 heterocycles. The topological polar surface area (TPSA) is 54.0 Å². The van der Waals surface area contributed by atoms with Gasteiger partial charge in [0.25, 0.3) is 5.91 Å². The highest BCUT2D eigenvalue weighted by Crippen LogP contribution is 2.18. The summed E-state index contributed by atoms with van der Waals surface area (Å²) in [5.74, 6) is 0.454. The second-order valence-electron chi connectivity index (χ2n) is 5.64. The molecule has 0 aliphatic heterocycles. The summed E-state index contributed by atoms with van der Waals surface area (Å²) in [5.41, 5.74) is 3.33. The van der Waals surface area contributed by atoms with Crippen molar-refractivity contribution in [2.24, 2.45) is 0 Å². The van der Waals surface area contributed by atoms with Gasteiger partial charge in [-0.25, -0.2) is 4.98 Å². The number of hydrogen-bond donors (Lipinski definition) is 2. The Balaban J connectivity index is 1.70. The average Bonchev–Trinajstić information content (AvgIpc) is 2.63. The fourth-order valence-corrected chi connectivity index (χ4v) is 2.61. The zero-order valence-corrected chi connectivity index (χ0v) is 14.5. The van der Waals surface area contributed by atoms with Crippen LogP contribution in [0, 0.1) is 6.92 Å². The zero-order chi connectivity index (χ0) is 17.6. The quantitative estimate of drug-likeness (QED) is 0.686. The molecule has 0 aliphatic carbocycles. The number of nitrogens with one attached hydrogen (secondary N) is 2. The number of benzene rings is 2. The van der Waals surface area contributed by atoms with Crippen molar-refractivity contribution in [1.29, 1.82) is 0 Å². The number of pyridine rings is 1. The van der Waals surface area contributed by atoms with E-state index in [-0.39, 0.29) is 5.91 Å². The molecule has 0 unspecified atom stereocenters. The van der Waals surface area contributed by atoms with E-state index in [0.29, 0.717) is 22.9 Å². The van der Waals surface area contributed by atoms with Gasteiger partial charge in [-0.3, -0.25) is 4.79 Å². The van der Waals surface area contributed by atoms with Crippen LogP contribution in [0.4, 0.5) is 11.5 Å². The van der Waals surface area contributed by atoms with Crippen LogP contribution in [0.5, 0.6) is 0 Å². The minimum atomic E-state index is -0.169. The highest BCUT2D eigenvalue weighted by Gasteiger charge is 2.09. The Morgan fingerprint density at radius 2 is 1.84 bits per heavy atom. The lowest BCUT2D eigenvalue weighted by molar-refractivity contribution is 0.102. The summed E-state index contributed by atoms with van der Waals surface area (Å²) in [5, 5.41) is 6.82. The van der Waals surface area contributed by atoms with Crippen molar-refractivity contribution < 1.29 is 4.79 Å². The highest BCUT2D eigenvalue weighted by atomic mass is 35.5. The van der Waals surface area contributed by atoms with Gasteiger partial charge >= 0.3 is 0 Å². The molecule has 4 nitrogen and oxygen atoms in total. The predicted octanol–water partition coefficient (Wildman–Crippen LogP) is 4.91. The van der Waals surface area contributed by atoms with Gasteiger partial charge in [-0.15, -0.1) is 0 Å². The van der Waals surface area contributed by atoms with Gasteiger partial charge in [-0.2, -0.15) is 0 Å². The number of carbonyl (C=O) groups is 1. The maximum atomic E-state index is 12.5. The van der Waals surface area contributed by atoms with Crippen molar-refractivity contribution in [2.75, 3.05) is 10.6 Å². The summed E-state index contributed by atoms with van der Waals surface area (Å²) in [6, 6.07) is 18.7. The minimum absolute atomic E-state index is 0.169. The number of carbonyl (C=O) groups excluding carboxylic acids is 1. The van der Waals surface area contributed by atoms with Gasteiger partial charge in [-0.05, 0) is 42.3 Å². The average molecular weight is 352 g/mol. The second-order valence-corrected chi connectivity index (χ2v) is 6.05. The number of aryl methyl sites for hydroxylation is 1. The molecule has 3 rings (SSSR count). The monoisotopic (exact) mass is 351 g/mol. The largest absolute Gasteiger partial charge is 0.366 e. The number of hydrogen-bond acceptors (Lipinski definition) is 3. The lowest BCUT2D eigenvalue weighted by Gasteiger charge is -2.10. The van der Waals surface area contributed by atoms with Gasteiger partial charge in [0.1, 0.15) is 5.82 Å². The van der Waals surface area contributed by atoms with Crippen LogP contribution in [0.3, 0.4) is 0 Å². The van der Waals surface area contributed by atoms with Crippen LogP contribution in [-0.4, -0.2) is 10.9 Å². The Hall–Kier alpha value is -2.85. The van der Waals surface area contributed by atoms with Crippen LogP contribution >= 0.6 is 11.6 Å². The van der Waals surface area contributed by atoms with E-state index in [1.165, 1.54) is 0 Å². The molecule has 0 atom stereocenters. The highest BCUT2D eigenvalue weighted by molar-refractivity contribution is 6.31. The molecular formula is C20H18ClN3O. The Labute approximate surface area is 151 Å². The molecule has 0 saturated heterocycles. The minimum Gasteiger partial charge on any atom is -0.366 e. The van der Waals surface area contributed by atoms with Crippen LogP contribution in [-0.2, 0) is 6.54 Å². The van der Waals surface area contributed by atoms with Gasteiger partial charge < -0.3 is 10.6 Å². The standard InChI is InChI=1S/C20H18ClN3O/c1-14-6-2-5-9-18(14)24-20(25)15-10-11-22-19(12-15)23-13-16-7-3-4-8-17(16)21/h2-12H,13H2,1H3,(H,22,23)(H,24,25). The molecule has 0 bridgehead atoms. The lowest BCUT2D eigenvalue weighted by atomic mass is 10.2. The van der Waals surface area contributed by atoms with E-state index in [4.69, 9.17) is 11.6 Å². The van der Waals surface area contributed by atoms with Crippen molar-refractivity contribution in [3.8, 4) is 0 Å². The van der Waals surface area contributed by atoms with Gasteiger partial charge in [0.05, 0.1) is 0 Å². The molecule has 0 fully saturated rings. The third kappa shape index (κ3) is 4.37. The van der Waals surface area contributed by atoms with Crippen LogP contribution in [0.15, 0.2) is 66.9 Å². The number of halogens is 1. The summed E-state index contributed by atoms with van der Waals surface area (Å²) in [4.78, 5) is 16.7. The Bertz CT molecular complexity index is 895. The van der Waals surface area contributed by atoms with E-state index in [2.05, 4.69) is 15.6 Å². The Morgan fingerprint density at radius 1 is 1.08 bits per heavy atom. The van der Waals surface area contributed by atoms with Crippen LogP contribution in [0.25, 0.3) is 0 Å². The maximum Gasteiger partial charge on any atom is 0.255 e. The van der Waals surface area contributed by atoms with E-state index in [1.807, 2.05) is 55.5 Å². The van der Waals surface area contributed by atoms with Crippen LogP contribution in [0.2, 0.25) is 5.02 Å². The molecule has 0 saturated carbocycles. The van der Waals surface area contributed by atoms with E-state index in [1.54, 1.807) is 18.3 Å². The first kappa shape index (κ1) is 17.0. The number of para-hydroxylation sites is 1. The van der Waals surface area contributed by atoms with E-state index in [9.17, 15) is 4.79 Å². The summed E-state index contributed by atoms with van der Waals surface area (Å²) in [6.45, 7) is 2.49. The fraction of sp³-hybridized carbons (Fsp3) is 0.100. The molecule has 1 aromatic heterocycles. The molecule has 5 heteroatoms. The molecule has 25 heavy (non-hydrogen) atoms. The zero-order valence-electron chi connectivity index (χ0n) is 13.8. The van der Waals surface area contributed by atoms with Crippen molar-refractivity contribution in [1.82, 2.24) is 4.98 Å². The molecule has 2 aromatic carbocycles. The van der Waals surface area contributed by atoms with Crippen LogP contribution in [0.1, 0.15) is 21.5 Å². The molecule has 0 spiro atoms. The van der Waals surface area contributed by atoms with Gasteiger partial charge in [0.15, 0.2) is 0 Å². The van der Waals surface area contributed by atoms with E-state index in [0.717, 1.165) is 16.8 Å². The van der Waals surface area contributed by atoms with Gasteiger partial charge in [0, 0.05) is 29.0 Å². The van der Waals surface area contributed by atoms with Crippen molar-refractivity contribution in [3.05, 3.63) is 88.6 Å². The first-order chi connectivity index (χ1) is 12.1. The molecule has 0 aliphatic rings. The molecule has 1 amide bonds. The third-order valence-corrected chi connectivity index (χ3v) is 4.20. The first-order valence-corrected chi connectivity index (χ1v) is 8.31. The fourth-order valence-electron chi connectivity index (χ4n) is 2.40. The molecule has 0 radical (unpaired) electrons. The predicted molar refractivity (Wildman–Crippen MR) is 102 cm³/mol. The molecule has 2 N–H and O–H groups in total. The SMILES string of the molecule is Cc1ccccc1NC(=O)c1ccnc(NCc2ccccc2Cl)c1. The summed E-state index contributed by atoms with van der Waals surface area (Å²) >= 11 is 6.15. The van der Waals surface area contributed by atoms with Gasteiger partial charge in [0.2, 0.25) is 0 Å². The second kappa shape index (κ2) is 7.81. The Morgan fingerprint density at radius 3 is 2.64 bits per heavy atom. The van der Waals surface area contributed by atoms with Crippen molar-refractivity contribution in [2.45, 2.75) is 13.5 Å². The summed E-state index contributed by atoms with van der Waals surface area (Å²) < 4.78 is 0. The third-order valence-electron chi connectivity index (χ3n) is 3.83. The molecule has 126 valence electrons. The summed E-state index contributed by atoms with van der Waals surface area (Å²) in [7, 11) is 0. The smallest absolute Gasteiger partial charge is 0.255 e. The Kier molecular flexibility index (Phi) is 5.31. The lowest BCUT2D eigenvalue weighted by Crippen LogP contribution is -2.13. The number of nitrogens with zero attached hydrogens (tertiary/aromatic N) is 1. The number of aromatic nitrogens is 1. The maximum absolute atomic E-state index is 12.5. The molecule has 3 aromatic rings. The number of rotatable bonds is 5. The van der Waals surface area contributed by atoms with E-state index >= 15 is 0 Å². The molecular weight excluding hydrogens is 334 g/mol. The normalized spacial score (nSPS) is 10.3.